The van der Waals surface area contributed by atoms with Crippen molar-refractivity contribution in [3.05, 3.63) is 35.6 Å². The van der Waals surface area contributed by atoms with Gasteiger partial charge in [-0.15, -0.1) is 0 Å². The van der Waals surface area contributed by atoms with Crippen LogP contribution < -0.4 is 0 Å². The number of benzene rings is 1. The van der Waals surface area contributed by atoms with Gasteiger partial charge in [-0.2, -0.15) is 0 Å². The van der Waals surface area contributed by atoms with Gasteiger partial charge in [-0.1, -0.05) is 37.7 Å². The standard InChI is InChI=1S/C21H26FN3O5S/c1-14(2)7-23-8-17(30-12-15-4-3-5-16(22)6-15)9-24(10-18(23)26)19(27)11-25-20(28)13-31-21(25)29/h3-6,14,17H,7-13H2,1-2H3. The Morgan fingerprint density at radius 2 is 2.00 bits per heavy atom. The van der Waals surface area contributed by atoms with Gasteiger partial charge in [0.1, 0.15) is 12.4 Å². The van der Waals surface area contributed by atoms with Crippen molar-refractivity contribution in [1.29, 1.82) is 0 Å². The van der Waals surface area contributed by atoms with Gasteiger partial charge in [0, 0.05) is 19.6 Å². The summed E-state index contributed by atoms with van der Waals surface area (Å²) in [4.78, 5) is 53.2. The minimum absolute atomic E-state index is 0.0204. The van der Waals surface area contributed by atoms with Crippen LogP contribution in [-0.4, -0.2) is 82.2 Å². The van der Waals surface area contributed by atoms with E-state index in [2.05, 4.69) is 0 Å². The summed E-state index contributed by atoms with van der Waals surface area (Å²) >= 11 is 0.858. The monoisotopic (exact) mass is 451 g/mol. The number of amides is 4. The topological polar surface area (TPSA) is 87.2 Å². The number of imide groups is 1. The molecule has 2 heterocycles. The van der Waals surface area contributed by atoms with E-state index in [0.29, 0.717) is 18.7 Å². The van der Waals surface area contributed by atoms with Crippen LogP contribution in [-0.2, 0) is 25.7 Å². The van der Waals surface area contributed by atoms with E-state index in [1.165, 1.54) is 17.0 Å². The van der Waals surface area contributed by atoms with E-state index < -0.39 is 29.7 Å². The van der Waals surface area contributed by atoms with Gasteiger partial charge >= 0.3 is 0 Å². The molecule has 0 spiro atoms. The first-order chi connectivity index (χ1) is 14.7. The molecule has 8 nitrogen and oxygen atoms in total. The molecule has 0 bridgehead atoms. The fraction of sp³-hybridized carbons (Fsp3) is 0.524. The lowest BCUT2D eigenvalue weighted by molar-refractivity contribution is -0.140. The summed E-state index contributed by atoms with van der Waals surface area (Å²) in [6, 6.07) is 6.05. The quantitative estimate of drug-likeness (QED) is 0.628. The van der Waals surface area contributed by atoms with Gasteiger partial charge in [-0.25, -0.2) is 4.39 Å². The molecular formula is C21H26FN3O5S. The minimum Gasteiger partial charge on any atom is -0.370 e. The summed E-state index contributed by atoms with van der Waals surface area (Å²) < 4.78 is 19.4. The maximum Gasteiger partial charge on any atom is 0.289 e. The van der Waals surface area contributed by atoms with Crippen molar-refractivity contribution in [1.82, 2.24) is 14.7 Å². The molecule has 0 saturated carbocycles. The lowest BCUT2D eigenvalue weighted by atomic mass is 10.2. The molecule has 0 radical (unpaired) electrons. The zero-order chi connectivity index (χ0) is 22.5. The van der Waals surface area contributed by atoms with Gasteiger partial charge in [-0.3, -0.25) is 24.1 Å². The predicted octanol–water partition coefficient (Wildman–Crippen LogP) is 1.73. The van der Waals surface area contributed by atoms with Crippen LogP contribution in [0.4, 0.5) is 9.18 Å². The molecule has 4 amide bonds. The van der Waals surface area contributed by atoms with Crippen LogP contribution in [0.25, 0.3) is 0 Å². The number of carbonyl (C=O) groups is 4. The number of ether oxygens (including phenoxy) is 1. The number of hydrogen-bond donors (Lipinski definition) is 0. The van der Waals surface area contributed by atoms with Crippen molar-refractivity contribution in [2.45, 2.75) is 26.6 Å². The molecule has 168 valence electrons. The zero-order valence-electron chi connectivity index (χ0n) is 17.6. The summed E-state index contributed by atoms with van der Waals surface area (Å²) in [6.45, 7) is 4.53. The molecule has 2 aliphatic rings. The van der Waals surface area contributed by atoms with Crippen molar-refractivity contribution < 1.29 is 28.3 Å². The molecule has 2 saturated heterocycles. The van der Waals surface area contributed by atoms with Crippen LogP contribution in [0.5, 0.6) is 0 Å². The van der Waals surface area contributed by atoms with E-state index >= 15 is 0 Å². The molecule has 1 aromatic carbocycles. The van der Waals surface area contributed by atoms with Gasteiger partial charge in [0.15, 0.2) is 0 Å². The first-order valence-corrected chi connectivity index (χ1v) is 11.1. The van der Waals surface area contributed by atoms with E-state index in [-0.39, 0.29) is 43.1 Å². The highest BCUT2D eigenvalue weighted by molar-refractivity contribution is 8.14. The number of hydrogen-bond acceptors (Lipinski definition) is 6. The second-order valence-electron chi connectivity index (χ2n) is 8.06. The molecule has 10 heteroatoms. The third kappa shape index (κ3) is 6.27. The number of nitrogens with zero attached hydrogens (tertiary/aromatic N) is 3. The second kappa shape index (κ2) is 10.2. The Labute approximate surface area is 184 Å². The third-order valence-corrected chi connectivity index (χ3v) is 5.83. The van der Waals surface area contributed by atoms with Crippen LogP contribution >= 0.6 is 11.8 Å². The summed E-state index contributed by atoms with van der Waals surface area (Å²) in [5.41, 5.74) is 0.647. The highest BCUT2D eigenvalue weighted by Gasteiger charge is 2.36. The Balaban J connectivity index is 1.71. The van der Waals surface area contributed by atoms with Gasteiger partial charge in [0.05, 0.1) is 25.0 Å². The number of thioether (sulfide) groups is 1. The van der Waals surface area contributed by atoms with Crippen molar-refractivity contribution >= 4 is 34.7 Å². The summed E-state index contributed by atoms with van der Waals surface area (Å²) in [6.07, 6.45) is -0.489. The first kappa shape index (κ1) is 23.2. The van der Waals surface area contributed by atoms with Crippen LogP contribution in [0.2, 0.25) is 0 Å². The lowest BCUT2D eigenvalue weighted by Gasteiger charge is -2.26. The summed E-state index contributed by atoms with van der Waals surface area (Å²) in [5.74, 6) is -1.23. The Bertz CT molecular complexity index is 849. The van der Waals surface area contributed by atoms with Crippen molar-refractivity contribution in [3.63, 3.8) is 0 Å². The van der Waals surface area contributed by atoms with Crippen LogP contribution in [0.3, 0.4) is 0 Å². The molecule has 31 heavy (non-hydrogen) atoms. The molecule has 1 unspecified atom stereocenters. The van der Waals surface area contributed by atoms with E-state index in [9.17, 15) is 23.6 Å². The Kier molecular flexibility index (Phi) is 7.66. The second-order valence-corrected chi connectivity index (χ2v) is 8.99. The molecule has 0 aromatic heterocycles. The van der Waals surface area contributed by atoms with E-state index in [0.717, 1.165) is 16.7 Å². The molecule has 2 aliphatic heterocycles. The number of halogens is 1. The van der Waals surface area contributed by atoms with Crippen LogP contribution in [0.15, 0.2) is 24.3 Å². The largest absolute Gasteiger partial charge is 0.370 e. The zero-order valence-corrected chi connectivity index (χ0v) is 18.4. The SMILES string of the molecule is CC(C)CN1CC(OCc2cccc(F)c2)CN(C(=O)CN2C(=O)CSC2=O)CC1=O. The van der Waals surface area contributed by atoms with Gasteiger partial charge in [0.2, 0.25) is 17.7 Å². The van der Waals surface area contributed by atoms with Crippen LogP contribution in [0.1, 0.15) is 19.4 Å². The highest BCUT2D eigenvalue weighted by Crippen LogP contribution is 2.19. The van der Waals surface area contributed by atoms with E-state index in [1.54, 1.807) is 17.0 Å². The summed E-state index contributed by atoms with van der Waals surface area (Å²) in [5, 5.41) is -0.458. The molecular weight excluding hydrogens is 425 g/mol. The van der Waals surface area contributed by atoms with Gasteiger partial charge in [-0.05, 0) is 23.6 Å². The van der Waals surface area contributed by atoms with Gasteiger partial charge in [0.25, 0.3) is 5.24 Å². The van der Waals surface area contributed by atoms with Crippen molar-refractivity contribution in [2.24, 2.45) is 5.92 Å². The average Bonchev–Trinajstić information content (AvgIpc) is 2.92. The average molecular weight is 452 g/mol. The third-order valence-electron chi connectivity index (χ3n) is 4.97. The predicted molar refractivity (Wildman–Crippen MR) is 113 cm³/mol. The van der Waals surface area contributed by atoms with Crippen molar-refractivity contribution in [2.75, 3.05) is 38.5 Å². The maximum atomic E-state index is 13.5. The molecule has 1 aromatic rings. The maximum absolute atomic E-state index is 13.5. The molecule has 0 N–H and O–H groups in total. The van der Waals surface area contributed by atoms with Crippen LogP contribution in [0, 0.1) is 11.7 Å². The lowest BCUT2D eigenvalue weighted by Crippen LogP contribution is -2.46. The Hall–Kier alpha value is -2.46. The fourth-order valence-corrected chi connectivity index (χ4v) is 4.23. The van der Waals surface area contributed by atoms with E-state index in [1.807, 2.05) is 13.8 Å². The first-order valence-electron chi connectivity index (χ1n) is 10.1. The summed E-state index contributed by atoms with van der Waals surface area (Å²) in [7, 11) is 0. The molecule has 3 rings (SSSR count). The smallest absolute Gasteiger partial charge is 0.289 e. The van der Waals surface area contributed by atoms with Gasteiger partial charge < -0.3 is 14.5 Å². The Morgan fingerprint density at radius 3 is 2.65 bits per heavy atom. The Morgan fingerprint density at radius 1 is 1.23 bits per heavy atom. The van der Waals surface area contributed by atoms with Crippen molar-refractivity contribution in [3.8, 4) is 0 Å². The molecule has 2 fully saturated rings. The normalized spacial score (nSPS) is 20.1. The highest BCUT2D eigenvalue weighted by atomic mass is 32.2. The molecule has 0 aliphatic carbocycles. The minimum atomic E-state index is -0.489. The van der Waals surface area contributed by atoms with E-state index in [4.69, 9.17) is 4.74 Å². The fourth-order valence-electron chi connectivity index (χ4n) is 3.50. The number of rotatable bonds is 7. The number of carbonyl (C=O) groups excluding carboxylic acids is 4. The molecule has 1 atom stereocenters.